The Morgan fingerprint density at radius 2 is 2.19 bits per heavy atom. The number of hydrogen-bond donors (Lipinski definition) is 1. The summed E-state index contributed by atoms with van der Waals surface area (Å²) in [5.74, 6) is -1.68. The van der Waals surface area contributed by atoms with Gasteiger partial charge in [-0.3, -0.25) is 24.6 Å². The highest BCUT2D eigenvalue weighted by Gasteiger charge is 2.37. The molecule has 0 bridgehead atoms. The molecule has 2 rings (SSSR count). The molecule has 0 aliphatic carbocycles. The molecule has 0 saturated carbocycles. The van der Waals surface area contributed by atoms with E-state index < -0.39 is 29.4 Å². The number of nitro benzene ring substituents is 1. The van der Waals surface area contributed by atoms with Crippen molar-refractivity contribution in [3.05, 3.63) is 28.3 Å². The van der Waals surface area contributed by atoms with Crippen molar-refractivity contribution in [3.8, 4) is 5.75 Å². The summed E-state index contributed by atoms with van der Waals surface area (Å²) in [4.78, 5) is 34.5. The maximum absolute atomic E-state index is 12.3. The summed E-state index contributed by atoms with van der Waals surface area (Å²) in [6, 6.07) is 3.73. The smallest absolute Gasteiger partial charge is 0.323 e. The quantitative estimate of drug-likeness (QED) is 0.664. The standard InChI is InChI=1S/C13H14N2O6/c1-7(2)12-13(18)14(6-11(16)17)9-4-3-8(15(19)20)5-10(9)21-12/h3-5,7,12H,6H2,1-2H3,(H,16,17). The predicted octanol–water partition coefficient (Wildman–Crippen LogP) is 1.43. The molecule has 0 saturated heterocycles. The van der Waals surface area contributed by atoms with Crippen molar-refractivity contribution < 1.29 is 24.4 Å². The van der Waals surface area contributed by atoms with Crippen LogP contribution in [0.1, 0.15) is 13.8 Å². The number of anilines is 1. The van der Waals surface area contributed by atoms with Gasteiger partial charge in [0.1, 0.15) is 6.54 Å². The largest absolute Gasteiger partial charge is 0.480 e. The van der Waals surface area contributed by atoms with Crippen LogP contribution in [0.2, 0.25) is 0 Å². The molecule has 0 aromatic heterocycles. The third kappa shape index (κ3) is 2.78. The van der Waals surface area contributed by atoms with Crippen LogP contribution in [0.3, 0.4) is 0 Å². The zero-order chi connectivity index (χ0) is 15.7. The van der Waals surface area contributed by atoms with Crippen molar-refractivity contribution in [2.24, 2.45) is 5.92 Å². The van der Waals surface area contributed by atoms with Crippen LogP contribution in [0.4, 0.5) is 11.4 Å². The van der Waals surface area contributed by atoms with Gasteiger partial charge in [-0.1, -0.05) is 13.8 Å². The molecule has 8 heteroatoms. The van der Waals surface area contributed by atoms with E-state index in [1.165, 1.54) is 18.2 Å². The third-order valence-electron chi connectivity index (χ3n) is 3.11. The molecule has 0 spiro atoms. The van der Waals surface area contributed by atoms with Crippen molar-refractivity contribution >= 4 is 23.3 Å². The number of carbonyl (C=O) groups excluding carboxylic acids is 1. The van der Waals surface area contributed by atoms with E-state index in [4.69, 9.17) is 9.84 Å². The number of aliphatic carboxylic acids is 1. The molecule has 0 fully saturated rings. The van der Waals surface area contributed by atoms with Gasteiger partial charge in [0.15, 0.2) is 11.9 Å². The molecule has 21 heavy (non-hydrogen) atoms. The molecule has 8 nitrogen and oxygen atoms in total. The summed E-state index contributed by atoms with van der Waals surface area (Å²) in [6.45, 7) is 2.99. The average molecular weight is 294 g/mol. The number of hydrogen-bond acceptors (Lipinski definition) is 5. The zero-order valence-electron chi connectivity index (χ0n) is 11.5. The van der Waals surface area contributed by atoms with Crippen LogP contribution in [0, 0.1) is 16.0 Å². The SMILES string of the molecule is CC(C)C1Oc2cc([N+](=O)[O-])ccc2N(CC(=O)O)C1=O. The van der Waals surface area contributed by atoms with Gasteiger partial charge in [0.25, 0.3) is 11.6 Å². The highest BCUT2D eigenvalue weighted by molar-refractivity contribution is 6.03. The molecule has 1 aliphatic rings. The number of carboxylic acid groups (broad SMARTS) is 1. The highest BCUT2D eigenvalue weighted by atomic mass is 16.6. The van der Waals surface area contributed by atoms with Crippen molar-refractivity contribution in [1.82, 2.24) is 0 Å². The van der Waals surface area contributed by atoms with E-state index in [-0.39, 0.29) is 23.0 Å². The lowest BCUT2D eigenvalue weighted by atomic mass is 10.0. The van der Waals surface area contributed by atoms with Crippen LogP contribution >= 0.6 is 0 Å². The molecule has 1 atom stereocenters. The number of ether oxygens (including phenoxy) is 1. The van der Waals surface area contributed by atoms with E-state index in [1.54, 1.807) is 13.8 Å². The predicted molar refractivity (Wildman–Crippen MR) is 72.3 cm³/mol. The normalized spacial score (nSPS) is 17.4. The van der Waals surface area contributed by atoms with E-state index in [0.717, 1.165) is 4.90 Å². The second kappa shape index (κ2) is 5.39. The van der Waals surface area contributed by atoms with E-state index in [9.17, 15) is 19.7 Å². The minimum atomic E-state index is -1.17. The Morgan fingerprint density at radius 3 is 2.71 bits per heavy atom. The van der Waals surface area contributed by atoms with Gasteiger partial charge in [-0.05, 0) is 12.0 Å². The Hall–Kier alpha value is -2.64. The van der Waals surface area contributed by atoms with Crippen LogP contribution in [-0.2, 0) is 9.59 Å². The second-order valence-electron chi connectivity index (χ2n) is 5.01. The maximum Gasteiger partial charge on any atom is 0.323 e. The van der Waals surface area contributed by atoms with Crippen LogP contribution in [0.15, 0.2) is 18.2 Å². The molecule has 1 amide bonds. The first kappa shape index (κ1) is 14.8. The first-order valence-electron chi connectivity index (χ1n) is 6.29. The number of carboxylic acids is 1. The van der Waals surface area contributed by atoms with Gasteiger partial charge in [-0.2, -0.15) is 0 Å². The number of fused-ring (bicyclic) bond motifs is 1. The van der Waals surface area contributed by atoms with Crippen molar-refractivity contribution in [1.29, 1.82) is 0 Å². The molecule has 1 aliphatic heterocycles. The van der Waals surface area contributed by atoms with Gasteiger partial charge in [-0.15, -0.1) is 0 Å². The summed E-state index contributed by atoms with van der Waals surface area (Å²) < 4.78 is 5.52. The summed E-state index contributed by atoms with van der Waals surface area (Å²) in [5.41, 5.74) is 0.0470. The van der Waals surface area contributed by atoms with Crippen molar-refractivity contribution in [2.45, 2.75) is 20.0 Å². The van der Waals surface area contributed by atoms with E-state index in [1.807, 2.05) is 0 Å². The minimum Gasteiger partial charge on any atom is -0.480 e. The Balaban J connectivity index is 2.50. The van der Waals surface area contributed by atoms with Crippen LogP contribution in [-0.4, -0.2) is 34.6 Å². The van der Waals surface area contributed by atoms with Crippen LogP contribution in [0.25, 0.3) is 0 Å². The molecule has 1 aromatic rings. The highest BCUT2D eigenvalue weighted by Crippen LogP contribution is 2.38. The fourth-order valence-electron chi connectivity index (χ4n) is 2.11. The number of amides is 1. The fraction of sp³-hybridized carbons (Fsp3) is 0.385. The van der Waals surface area contributed by atoms with E-state index in [2.05, 4.69) is 0 Å². The monoisotopic (exact) mass is 294 g/mol. The third-order valence-corrected chi connectivity index (χ3v) is 3.11. The molecule has 112 valence electrons. The number of nitrogens with zero attached hydrogens (tertiary/aromatic N) is 2. The van der Waals surface area contributed by atoms with Gasteiger partial charge in [0.05, 0.1) is 16.7 Å². The molecular formula is C13H14N2O6. The second-order valence-corrected chi connectivity index (χ2v) is 5.01. The molecule has 1 unspecified atom stereocenters. The topological polar surface area (TPSA) is 110 Å². The van der Waals surface area contributed by atoms with Gasteiger partial charge >= 0.3 is 5.97 Å². The minimum absolute atomic E-state index is 0.142. The molecule has 0 radical (unpaired) electrons. The zero-order valence-corrected chi connectivity index (χ0v) is 11.5. The van der Waals surface area contributed by atoms with Crippen LogP contribution in [0.5, 0.6) is 5.75 Å². The Kier molecular flexibility index (Phi) is 3.79. The van der Waals surface area contributed by atoms with Crippen molar-refractivity contribution in [2.75, 3.05) is 11.4 Å². The number of carbonyl (C=O) groups is 2. The van der Waals surface area contributed by atoms with Crippen molar-refractivity contribution in [3.63, 3.8) is 0 Å². The first-order valence-corrected chi connectivity index (χ1v) is 6.29. The summed E-state index contributed by atoms with van der Waals surface area (Å²) in [7, 11) is 0. The lowest BCUT2D eigenvalue weighted by Crippen LogP contribution is -2.50. The molecular weight excluding hydrogens is 280 g/mol. The number of non-ortho nitro benzene ring substituents is 1. The Labute approximate surface area is 120 Å². The Morgan fingerprint density at radius 1 is 1.52 bits per heavy atom. The summed E-state index contributed by atoms with van der Waals surface area (Å²) in [5, 5.41) is 19.7. The number of rotatable bonds is 4. The first-order chi connectivity index (χ1) is 9.81. The molecule has 1 heterocycles. The maximum atomic E-state index is 12.3. The van der Waals surface area contributed by atoms with Gasteiger partial charge in [0.2, 0.25) is 0 Å². The van der Waals surface area contributed by atoms with E-state index >= 15 is 0 Å². The number of benzene rings is 1. The van der Waals surface area contributed by atoms with Gasteiger partial charge in [0, 0.05) is 6.07 Å². The molecule has 1 aromatic carbocycles. The summed E-state index contributed by atoms with van der Waals surface area (Å²) in [6.07, 6.45) is -0.862. The fourth-order valence-corrected chi connectivity index (χ4v) is 2.11. The lowest BCUT2D eigenvalue weighted by molar-refractivity contribution is -0.384. The van der Waals surface area contributed by atoms with Gasteiger partial charge in [-0.25, -0.2) is 0 Å². The lowest BCUT2D eigenvalue weighted by Gasteiger charge is -2.34. The van der Waals surface area contributed by atoms with Gasteiger partial charge < -0.3 is 9.84 Å². The summed E-state index contributed by atoms with van der Waals surface area (Å²) >= 11 is 0. The average Bonchev–Trinajstić information content (AvgIpc) is 2.40. The molecule has 1 N–H and O–H groups in total. The van der Waals surface area contributed by atoms with E-state index in [0.29, 0.717) is 0 Å². The van der Waals surface area contributed by atoms with Crippen LogP contribution < -0.4 is 9.64 Å². The Bertz CT molecular complexity index is 613. The number of nitro groups is 1.